The summed E-state index contributed by atoms with van der Waals surface area (Å²) < 4.78 is 5.63. The van der Waals surface area contributed by atoms with Gasteiger partial charge in [-0.2, -0.15) is 0 Å². The second kappa shape index (κ2) is 13.8. The van der Waals surface area contributed by atoms with Crippen molar-refractivity contribution in [3.05, 3.63) is 89.1 Å². The second-order valence-electron chi connectivity index (χ2n) is 11.7. The van der Waals surface area contributed by atoms with E-state index in [0.717, 1.165) is 67.8 Å². The average Bonchev–Trinajstić information content (AvgIpc) is 3.28. The van der Waals surface area contributed by atoms with Crippen LogP contribution >= 0.6 is 0 Å². The van der Waals surface area contributed by atoms with E-state index in [1.54, 1.807) is 13.3 Å². The molecular formula is C34H43N5O3. The molecule has 2 aliphatic rings. The number of nitrogens with one attached hydrogen (secondary N) is 3. The molecule has 42 heavy (non-hydrogen) atoms. The Balaban J connectivity index is 1.18. The van der Waals surface area contributed by atoms with Crippen LogP contribution in [-0.2, 0) is 13.0 Å². The minimum atomic E-state index is -0.129. The zero-order chi connectivity index (χ0) is 29.5. The van der Waals surface area contributed by atoms with Gasteiger partial charge in [-0.1, -0.05) is 50.2 Å². The van der Waals surface area contributed by atoms with Crippen molar-refractivity contribution in [1.82, 2.24) is 20.9 Å². The average molecular weight is 570 g/mol. The lowest BCUT2D eigenvalue weighted by Crippen LogP contribution is -2.51. The van der Waals surface area contributed by atoms with Crippen LogP contribution in [0.3, 0.4) is 0 Å². The molecule has 3 aromatic rings. The van der Waals surface area contributed by atoms with Gasteiger partial charge < -0.3 is 25.6 Å². The van der Waals surface area contributed by atoms with Gasteiger partial charge in [0.2, 0.25) is 0 Å². The number of anilines is 1. The number of nitrogens with zero attached hydrogens (tertiary/aromatic N) is 2. The summed E-state index contributed by atoms with van der Waals surface area (Å²) in [5, 5.41) is 9.77. The summed E-state index contributed by atoms with van der Waals surface area (Å²) in [6.07, 6.45) is 7.28. The molecule has 2 bridgehead atoms. The first-order valence-corrected chi connectivity index (χ1v) is 15.2. The quantitative estimate of drug-likeness (QED) is 0.269. The van der Waals surface area contributed by atoms with Gasteiger partial charge in [0.25, 0.3) is 11.8 Å². The fourth-order valence-electron chi connectivity index (χ4n) is 6.37. The van der Waals surface area contributed by atoms with Crippen LogP contribution in [0, 0.1) is 0 Å². The number of fused-ring (bicyclic) bond motifs is 2. The smallest absolute Gasteiger partial charge is 0.253 e. The lowest BCUT2D eigenvalue weighted by atomic mass is 9.95. The lowest BCUT2D eigenvalue weighted by Gasteiger charge is -2.40. The van der Waals surface area contributed by atoms with Gasteiger partial charge in [-0.25, -0.2) is 4.98 Å². The number of aromatic nitrogens is 1. The molecule has 0 aliphatic carbocycles. The summed E-state index contributed by atoms with van der Waals surface area (Å²) in [4.78, 5) is 33.3. The molecule has 2 amide bonds. The van der Waals surface area contributed by atoms with E-state index >= 15 is 0 Å². The number of piperidine rings is 1. The molecule has 0 radical (unpaired) electrons. The highest BCUT2D eigenvalue weighted by Gasteiger charge is 2.42. The maximum Gasteiger partial charge on any atom is 0.253 e. The molecule has 8 heteroatoms. The van der Waals surface area contributed by atoms with Gasteiger partial charge in [0, 0.05) is 48.0 Å². The Kier molecular flexibility index (Phi) is 9.74. The number of ether oxygens (including phenoxy) is 1. The van der Waals surface area contributed by atoms with E-state index in [1.807, 2.05) is 60.7 Å². The number of benzene rings is 2. The molecule has 3 N–H and O–H groups in total. The second-order valence-corrected chi connectivity index (χ2v) is 11.7. The van der Waals surface area contributed by atoms with Crippen molar-refractivity contribution in [3.63, 3.8) is 0 Å². The van der Waals surface area contributed by atoms with Gasteiger partial charge >= 0.3 is 0 Å². The number of hydrogen-bond donors (Lipinski definition) is 3. The van der Waals surface area contributed by atoms with E-state index in [1.165, 1.54) is 0 Å². The number of carbonyl (C=O) groups excluding carboxylic acids is 2. The minimum absolute atomic E-state index is 0.0254. The molecule has 0 spiro atoms. The Hall–Kier alpha value is -3.91. The maximum atomic E-state index is 13.5. The van der Waals surface area contributed by atoms with Gasteiger partial charge in [-0.05, 0) is 74.9 Å². The Labute approximate surface area is 249 Å². The van der Waals surface area contributed by atoms with Gasteiger partial charge in [0.1, 0.15) is 11.6 Å². The number of amides is 2. The highest BCUT2D eigenvalue weighted by Crippen LogP contribution is 2.38. The molecule has 2 saturated heterocycles. The highest BCUT2D eigenvalue weighted by atomic mass is 16.5. The molecular weight excluding hydrogens is 526 g/mol. The predicted molar refractivity (Wildman–Crippen MR) is 166 cm³/mol. The Morgan fingerprint density at radius 1 is 0.976 bits per heavy atom. The topological polar surface area (TPSA) is 95.6 Å². The van der Waals surface area contributed by atoms with Gasteiger partial charge in [0.05, 0.1) is 12.7 Å². The third kappa shape index (κ3) is 7.10. The monoisotopic (exact) mass is 569 g/mol. The fraction of sp³-hybridized carbons (Fsp3) is 0.441. The van der Waals surface area contributed by atoms with Crippen molar-refractivity contribution in [1.29, 1.82) is 0 Å². The van der Waals surface area contributed by atoms with Crippen LogP contribution in [0.5, 0.6) is 5.75 Å². The third-order valence-corrected chi connectivity index (χ3v) is 8.39. The molecule has 2 aliphatic heterocycles. The van der Waals surface area contributed by atoms with Crippen molar-refractivity contribution in [2.24, 2.45) is 0 Å². The first-order chi connectivity index (χ1) is 20.4. The van der Waals surface area contributed by atoms with Crippen molar-refractivity contribution >= 4 is 17.6 Å². The molecule has 3 heterocycles. The van der Waals surface area contributed by atoms with E-state index in [4.69, 9.17) is 4.74 Å². The predicted octanol–water partition coefficient (Wildman–Crippen LogP) is 4.88. The lowest BCUT2D eigenvalue weighted by molar-refractivity contribution is 0.0923. The zero-order valence-electron chi connectivity index (χ0n) is 24.9. The molecule has 2 fully saturated rings. The van der Waals surface area contributed by atoms with Gasteiger partial charge in [-0.3, -0.25) is 9.59 Å². The van der Waals surface area contributed by atoms with E-state index < -0.39 is 0 Å². The van der Waals surface area contributed by atoms with E-state index in [2.05, 4.69) is 39.7 Å². The van der Waals surface area contributed by atoms with Crippen molar-refractivity contribution in [3.8, 4) is 5.75 Å². The van der Waals surface area contributed by atoms with Crippen LogP contribution in [0.1, 0.15) is 77.8 Å². The van der Waals surface area contributed by atoms with E-state index in [0.29, 0.717) is 35.8 Å². The molecule has 8 nitrogen and oxygen atoms in total. The normalized spacial score (nSPS) is 19.5. The Morgan fingerprint density at radius 3 is 2.40 bits per heavy atom. The van der Waals surface area contributed by atoms with Crippen molar-refractivity contribution < 1.29 is 14.3 Å². The number of carbonyl (C=O) groups is 2. The Morgan fingerprint density at radius 2 is 1.74 bits per heavy atom. The molecule has 222 valence electrons. The Bertz CT molecular complexity index is 1330. The van der Waals surface area contributed by atoms with Crippen LogP contribution in [-0.4, -0.2) is 54.6 Å². The first kappa shape index (κ1) is 29.6. The molecule has 0 unspecified atom stereocenters. The number of pyridine rings is 1. The molecule has 5 rings (SSSR count). The van der Waals surface area contributed by atoms with Crippen LogP contribution in [0.15, 0.2) is 66.9 Å². The van der Waals surface area contributed by atoms with Gasteiger partial charge in [-0.15, -0.1) is 0 Å². The van der Waals surface area contributed by atoms with E-state index in [-0.39, 0.29) is 17.9 Å². The SMILES string of the molecule is COc1cccc(C(=O)N[C@H]2C[C@H]3CC[C@@H](C2)N3c2ccc(C(=O)NCc3ccccc3)cn2)c1CCCNC(C)C. The summed E-state index contributed by atoms with van der Waals surface area (Å²) in [7, 11) is 1.66. The standard InChI is InChI=1S/C34H43N5O3/c1-23(2)35-18-8-12-29-30(11-7-13-31(29)42-3)34(41)38-26-19-27-15-16-28(20-26)39(27)32-17-14-25(22-36-32)33(40)37-21-24-9-5-4-6-10-24/h4-7,9-11,13-14,17,22-23,26-28,35H,8,12,15-16,18-21H2,1-3H3,(H,37,40)(H,38,41)/t26-,27+,28-. The number of methoxy groups -OCH3 is 1. The summed E-state index contributed by atoms with van der Waals surface area (Å²) >= 11 is 0. The van der Waals surface area contributed by atoms with Gasteiger partial charge in [0.15, 0.2) is 0 Å². The fourth-order valence-corrected chi connectivity index (χ4v) is 6.37. The van der Waals surface area contributed by atoms with Crippen molar-refractivity contribution in [2.75, 3.05) is 18.6 Å². The molecule has 2 aromatic carbocycles. The van der Waals surface area contributed by atoms with Crippen LogP contribution in [0.25, 0.3) is 0 Å². The van der Waals surface area contributed by atoms with Crippen LogP contribution in [0.2, 0.25) is 0 Å². The highest BCUT2D eigenvalue weighted by molar-refractivity contribution is 5.96. The van der Waals surface area contributed by atoms with Crippen LogP contribution in [0.4, 0.5) is 5.82 Å². The summed E-state index contributed by atoms with van der Waals surface area (Å²) in [5.74, 6) is 1.51. The maximum absolute atomic E-state index is 13.5. The number of rotatable bonds is 12. The molecule has 3 atom stereocenters. The largest absolute Gasteiger partial charge is 0.496 e. The summed E-state index contributed by atoms with van der Waals surface area (Å²) in [6.45, 7) is 5.65. The zero-order valence-corrected chi connectivity index (χ0v) is 24.9. The molecule has 0 saturated carbocycles. The third-order valence-electron chi connectivity index (χ3n) is 8.39. The van der Waals surface area contributed by atoms with E-state index in [9.17, 15) is 9.59 Å². The molecule has 1 aromatic heterocycles. The first-order valence-electron chi connectivity index (χ1n) is 15.2. The van der Waals surface area contributed by atoms with Crippen molar-refractivity contribution in [2.45, 2.75) is 83.1 Å². The summed E-state index contributed by atoms with van der Waals surface area (Å²) in [6, 6.07) is 20.6. The summed E-state index contributed by atoms with van der Waals surface area (Å²) in [5.41, 5.74) is 3.29. The number of hydrogen-bond acceptors (Lipinski definition) is 6. The van der Waals surface area contributed by atoms with Crippen LogP contribution < -0.4 is 25.6 Å². The minimum Gasteiger partial charge on any atom is -0.496 e.